The van der Waals surface area contributed by atoms with Crippen LogP contribution in [-0.4, -0.2) is 51.0 Å². The fourth-order valence-electron chi connectivity index (χ4n) is 3.12. The van der Waals surface area contributed by atoms with Gasteiger partial charge in [0, 0.05) is 43.0 Å². The third kappa shape index (κ3) is 4.24. The van der Waals surface area contributed by atoms with Gasteiger partial charge < -0.3 is 15.1 Å². The van der Waals surface area contributed by atoms with E-state index in [9.17, 15) is 10.1 Å². The number of anilines is 4. The summed E-state index contributed by atoms with van der Waals surface area (Å²) in [6.45, 7) is 2.55. The summed E-state index contributed by atoms with van der Waals surface area (Å²) in [7, 11) is 0. The van der Waals surface area contributed by atoms with Crippen LogP contribution in [-0.2, 0) is 0 Å². The Labute approximate surface area is 174 Å². The molecule has 0 spiro atoms. The Hall–Kier alpha value is -3.34. The molecular weight excluding hydrogens is 440 g/mol. The van der Waals surface area contributed by atoms with Gasteiger partial charge in [-0.25, -0.2) is 19.9 Å². The summed E-state index contributed by atoms with van der Waals surface area (Å²) in [5, 5.41) is 14.7. The van der Waals surface area contributed by atoms with E-state index in [0.29, 0.717) is 37.8 Å². The Balaban J connectivity index is 1.56. The third-order valence-electron chi connectivity index (χ3n) is 4.51. The van der Waals surface area contributed by atoms with Crippen molar-refractivity contribution in [2.45, 2.75) is 0 Å². The van der Waals surface area contributed by atoms with Crippen molar-refractivity contribution in [3.05, 3.63) is 63.6 Å². The number of nitro groups is 1. The van der Waals surface area contributed by atoms with Crippen LogP contribution >= 0.6 is 15.9 Å². The van der Waals surface area contributed by atoms with Crippen LogP contribution in [0, 0.1) is 10.1 Å². The van der Waals surface area contributed by atoms with Gasteiger partial charge in [0.05, 0.1) is 4.92 Å². The lowest BCUT2D eigenvalue weighted by Gasteiger charge is -2.35. The largest absolute Gasteiger partial charge is 0.353 e. The summed E-state index contributed by atoms with van der Waals surface area (Å²) in [6.07, 6.45) is 4.69. The highest BCUT2D eigenvalue weighted by Gasteiger charge is 2.29. The van der Waals surface area contributed by atoms with E-state index in [-0.39, 0.29) is 11.5 Å². The Bertz CT molecular complexity index is 995. The van der Waals surface area contributed by atoms with Crippen molar-refractivity contribution in [2.24, 2.45) is 0 Å². The number of halogens is 1. The number of piperazine rings is 1. The topological polar surface area (TPSA) is 113 Å². The number of aromatic nitrogens is 4. The van der Waals surface area contributed by atoms with Gasteiger partial charge in [-0.1, -0.05) is 6.07 Å². The number of pyridine rings is 2. The van der Waals surface area contributed by atoms with Crippen LogP contribution in [0.3, 0.4) is 0 Å². The average molecular weight is 457 g/mol. The van der Waals surface area contributed by atoms with Crippen LogP contribution in [0.25, 0.3) is 0 Å². The minimum atomic E-state index is -0.457. The second-order valence-corrected chi connectivity index (χ2v) is 7.22. The van der Waals surface area contributed by atoms with Gasteiger partial charge in [0.25, 0.3) is 0 Å². The van der Waals surface area contributed by atoms with E-state index in [4.69, 9.17) is 0 Å². The summed E-state index contributed by atoms with van der Waals surface area (Å²) in [5.41, 5.74) is -0.163. The molecule has 3 aromatic heterocycles. The molecule has 0 bridgehead atoms. The van der Waals surface area contributed by atoms with Crippen LogP contribution in [0.2, 0.25) is 0 Å². The molecular formula is C18H17BrN8O2. The van der Waals surface area contributed by atoms with Crippen molar-refractivity contribution in [1.82, 2.24) is 19.9 Å². The molecule has 1 aliphatic rings. The first-order valence-corrected chi connectivity index (χ1v) is 9.70. The lowest BCUT2D eigenvalue weighted by molar-refractivity contribution is -0.383. The summed E-state index contributed by atoms with van der Waals surface area (Å²) in [6, 6.07) is 9.27. The maximum absolute atomic E-state index is 11.8. The molecule has 1 fully saturated rings. The smallest absolute Gasteiger partial charge is 0.353 e. The normalized spacial score (nSPS) is 14.0. The van der Waals surface area contributed by atoms with E-state index in [1.165, 1.54) is 6.33 Å². The summed E-state index contributed by atoms with van der Waals surface area (Å²) in [4.78, 5) is 32.3. The van der Waals surface area contributed by atoms with E-state index in [1.54, 1.807) is 24.5 Å². The number of hydrogen-bond donors (Lipinski definition) is 1. The van der Waals surface area contributed by atoms with Crippen LogP contribution in [0.5, 0.6) is 0 Å². The molecule has 0 unspecified atom stereocenters. The molecule has 0 amide bonds. The predicted octanol–water partition coefficient (Wildman–Crippen LogP) is 3.01. The molecule has 4 rings (SSSR count). The predicted molar refractivity (Wildman–Crippen MR) is 113 cm³/mol. The Kier molecular flexibility index (Phi) is 5.47. The molecule has 0 aromatic carbocycles. The molecule has 0 atom stereocenters. The summed E-state index contributed by atoms with van der Waals surface area (Å²) < 4.78 is 0.812. The fraction of sp³-hybridized carbons (Fsp3) is 0.222. The van der Waals surface area contributed by atoms with Crippen molar-refractivity contribution in [3.8, 4) is 0 Å². The van der Waals surface area contributed by atoms with Gasteiger partial charge in [0.2, 0.25) is 11.6 Å². The van der Waals surface area contributed by atoms with Gasteiger partial charge in [-0.05, 0) is 40.2 Å². The first-order valence-electron chi connectivity index (χ1n) is 8.91. The minimum Gasteiger partial charge on any atom is -0.353 e. The van der Waals surface area contributed by atoms with E-state index in [1.807, 2.05) is 23.1 Å². The molecule has 1 aliphatic heterocycles. The quantitative estimate of drug-likeness (QED) is 0.456. The fourth-order valence-corrected chi connectivity index (χ4v) is 3.35. The second-order valence-electron chi connectivity index (χ2n) is 6.30. The number of hydrogen-bond acceptors (Lipinski definition) is 9. The van der Waals surface area contributed by atoms with E-state index < -0.39 is 4.92 Å². The minimum absolute atomic E-state index is 0.113. The molecule has 0 aliphatic carbocycles. The van der Waals surface area contributed by atoms with Crippen molar-refractivity contribution < 1.29 is 4.92 Å². The van der Waals surface area contributed by atoms with Crippen molar-refractivity contribution >= 4 is 44.9 Å². The zero-order chi connectivity index (χ0) is 20.2. The zero-order valence-corrected chi connectivity index (χ0v) is 16.9. The first-order chi connectivity index (χ1) is 14.1. The molecule has 1 N–H and O–H groups in total. The lowest BCUT2D eigenvalue weighted by atomic mass is 10.2. The van der Waals surface area contributed by atoms with Gasteiger partial charge in [0.1, 0.15) is 18.0 Å². The van der Waals surface area contributed by atoms with Gasteiger partial charge in [-0.2, -0.15) is 0 Å². The SMILES string of the molecule is O=[N+]([O-])c1c(Nc2ccc(Br)cn2)ncnc1N1CCN(c2ccccn2)CC1. The van der Waals surface area contributed by atoms with Gasteiger partial charge >= 0.3 is 5.69 Å². The van der Waals surface area contributed by atoms with Crippen LogP contribution in [0.1, 0.15) is 0 Å². The van der Waals surface area contributed by atoms with Gasteiger partial charge in [-0.15, -0.1) is 0 Å². The highest BCUT2D eigenvalue weighted by atomic mass is 79.9. The van der Waals surface area contributed by atoms with Crippen LogP contribution < -0.4 is 15.1 Å². The molecule has 29 heavy (non-hydrogen) atoms. The maximum atomic E-state index is 11.8. The molecule has 1 saturated heterocycles. The number of nitrogens with zero attached hydrogens (tertiary/aromatic N) is 7. The zero-order valence-electron chi connectivity index (χ0n) is 15.3. The number of rotatable bonds is 5. The lowest BCUT2D eigenvalue weighted by Crippen LogP contribution is -2.47. The van der Waals surface area contributed by atoms with Crippen LogP contribution in [0.4, 0.5) is 29.0 Å². The van der Waals surface area contributed by atoms with Crippen molar-refractivity contribution in [3.63, 3.8) is 0 Å². The molecule has 0 saturated carbocycles. The van der Waals surface area contributed by atoms with Crippen LogP contribution in [0.15, 0.2) is 53.5 Å². The molecule has 4 heterocycles. The average Bonchev–Trinajstić information content (AvgIpc) is 2.76. The van der Waals surface area contributed by atoms with E-state index >= 15 is 0 Å². The van der Waals surface area contributed by atoms with Gasteiger partial charge in [0.15, 0.2) is 0 Å². The summed E-state index contributed by atoms with van der Waals surface area (Å²) >= 11 is 3.31. The Morgan fingerprint density at radius 2 is 1.79 bits per heavy atom. The van der Waals surface area contributed by atoms with E-state index in [2.05, 4.69) is 46.1 Å². The second kappa shape index (κ2) is 8.35. The highest BCUT2D eigenvalue weighted by Crippen LogP contribution is 2.34. The Morgan fingerprint density at radius 1 is 1.00 bits per heavy atom. The summed E-state index contributed by atoms with van der Waals surface area (Å²) in [5.74, 6) is 1.76. The number of nitrogens with one attached hydrogen (secondary N) is 1. The highest BCUT2D eigenvalue weighted by molar-refractivity contribution is 9.10. The van der Waals surface area contributed by atoms with Crippen molar-refractivity contribution in [2.75, 3.05) is 41.3 Å². The maximum Gasteiger partial charge on any atom is 0.353 e. The molecule has 3 aromatic rings. The molecule has 11 heteroatoms. The molecule has 0 radical (unpaired) electrons. The van der Waals surface area contributed by atoms with Gasteiger partial charge in [-0.3, -0.25) is 10.1 Å². The molecule has 10 nitrogen and oxygen atoms in total. The first kappa shape index (κ1) is 19.0. The van der Waals surface area contributed by atoms with E-state index in [0.717, 1.165) is 10.3 Å². The third-order valence-corrected chi connectivity index (χ3v) is 4.98. The van der Waals surface area contributed by atoms with Crippen molar-refractivity contribution in [1.29, 1.82) is 0 Å². The standard InChI is InChI=1S/C18H17BrN8O2/c19-13-4-5-14(21-11-13)24-17-16(27(28)29)18(23-12-22-17)26-9-7-25(8-10-26)15-3-1-2-6-20-15/h1-6,11-12H,7-10H2,(H,21,22,23,24). The molecule has 148 valence electrons. The Morgan fingerprint density at radius 3 is 2.45 bits per heavy atom. The monoisotopic (exact) mass is 456 g/mol.